The average Bonchev–Trinajstić information content (AvgIpc) is 3.06. The van der Waals surface area contributed by atoms with E-state index in [0.29, 0.717) is 18.9 Å². The number of aliphatic hydroxyl groups excluding tert-OH is 1. The molecule has 3 N–H and O–H groups in total. The number of benzene rings is 2. The molecule has 0 saturated heterocycles. The molecule has 4 rings (SSSR count). The highest BCUT2D eigenvalue weighted by Crippen LogP contribution is 2.30. The van der Waals surface area contributed by atoms with Crippen LogP contribution >= 0.6 is 0 Å². The van der Waals surface area contributed by atoms with Crippen molar-refractivity contribution in [2.24, 2.45) is 5.92 Å². The number of carbonyl (C=O) groups is 2. The minimum Gasteiger partial charge on any atom is -0.490 e. The van der Waals surface area contributed by atoms with Crippen LogP contribution in [0.1, 0.15) is 88.1 Å². The Morgan fingerprint density at radius 1 is 1.04 bits per heavy atom. The van der Waals surface area contributed by atoms with Gasteiger partial charge in [-0.1, -0.05) is 43.9 Å². The number of likely N-dealkylation sites (N-methyl/N-ethyl adjacent to an activating group) is 1. The van der Waals surface area contributed by atoms with Gasteiger partial charge in [-0.05, 0) is 83.2 Å². The third kappa shape index (κ3) is 10.3. The number of nitrogens with one attached hydrogen (secondary N) is 2. The normalized spacial score (nSPS) is 22.5. The first-order valence-electron chi connectivity index (χ1n) is 17.3. The van der Waals surface area contributed by atoms with E-state index in [9.17, 15) is 23.1 Å². The molecule has 0 radical (unpaired) electrons. The fraction of sp³-hybridized carbons (Fsp3) is 0.611. The Morgan fingerprint density at radius 2 is 1.73 bits per heavy atom. The lowest BCUT2D eigenvalue weighted by Gasteiger charge is -2.36. The number of carbonyl (C=O) groups excluding carboxylic acids is 2. The van der Waals surface area contributed by atoms with Crippen LogP contribution in [0.4, 0.5) is 10.5 Å². The van der Waals surface area contributed by atoms with E-state index >= 15 is 0 Å². The SMILES string of the molecule is Cc1ccc(S(=O)(=O)Nc2ccc3c(c2)C(=O)N([C@H](C)CO)C[C@@H](C)[C@@H](CN(C)C(=O)NC2CCCCC2)OCCCC[C@@H](C)O3)cc1. The molecule has 3 amide bonds. The van der Waals surface area contributed by atoms with E-state index in [-0.39, 0.29) is 59.5 Å². The molecular weight excluding hydrogens is 632 g/mol. The van der Waals surface area contributed by atoms with Gasteiger partial charge in [-0.15, -0.1) is 0 Å². The second kappa shape index (κ2) is 17.3. The molecule has 11 nitrogen and oxygen atoms in total. The largest absolute Gasteiger partial charge is 0.490 e. The summed E-state index contributed by atoms with van der Waals surface area (Å²) in [7, 11) is -2.15. The monoisotopic (exact) mass is 686 g/mol. The van der Waals surface area contributed by atoms with Crippen LogP contribution in [0, 0.1) is 12.8 Å². The number of amides is 3. The van der Waals surface area contributed by atoms with Crippen molar-refractivity contribution in [1.82, 2.24) is 15.1 Å². The predicted octanol–water partition coefficient (Wildman–Crippen LogP) is 5.57. The Labute approximate surface area is 286 Å². The van der Waals surface area contributed by atoms with Gasteiger partial charge >= 0.3 is 6.03 Å². The van der Waals surface area contributed by atoms with Gasteiger partial charge in [-0.25, -0.2) is 13.2 Å². The lowest BCUT2D eigenvalue weighted by atomic mass is 9.96. The zero-order valence-corrected chi connectivity index (χ0v) is 29.9. The third-order valence-electron chi connectivity index (χ3n) is 9.37. The van der Waals surface area contributed by atoms with Crippen LogP contribution < -0.4 is 14.8 Å². The van der Waals surface area contributed by atoms with E-state index in [1.165, 1.54) is 24.6 Å². The Morgan fingerprint density at radius 3 is 2.42 bits per heavy atom. The first-order chi connectivity index (χ1) is 22.9. The van der Waals surface area contributed by atoms with Crippen LogP contribution in [0.2, 0.25) is 0 Å². The topological polar surface area (TPSA) is 138 Å². The van der Waals surface area contributed by atoms with Gasteiger partial charge in [0.2, 0.25) is 0 Å². The standard InChI is InChI=1S/C36H54N4O7S/c1-25-14-17-31(18-15-25)48(44,45)38-30-16-19-33-32(21-30)35(42)40(27(3)24-41)22-26(2)34(46-20-10-9-11-28(4)47-33)23-39(5)36(43)37-29-12-7-6-8-13-29/h14-19,21,26-29,34,38,41H,6-13,20,22-24H2,1-5H3,(H,37,43)/t26-,27-,28-,34-/m1/s1. The lowest BCUT2D eigenvalue weighted by molar-refractivity contribution is -0.0123. The van der Waals surface area contributed by atoms with Crippen LogP contribution in [0.25, 0.3) is 0 Å². The molecule has 2 aliphatic rings. The first-order valence-corrected chi connectivity index (χ1v) is 18.8. The average molecular weight is 687 g/mol. The number of aryl methyl sites for hydroxylation is 1. The van der Waals surface area contributed by atoms with Crippen LogP contribution in [-0.4, -0.2) is 92.9 Å². The summed E-state index contributed by atoms with van der Waals surface area (Å²) in [5, 5.41) is 13.4. The zero-order chi connectivity index (χ0) is 34.8. The fourth-order valence-corrected chi connectivity index (χ4v) is 7.31. The van der Waals surface area contributed by atoms with Crippen molar-refractivity contribution in [2.75, 3.05) is 38.1 Å². The zero-order valence-electron chi connectivity index (χ0n) is 29.1. The van der Waals surface area contributed by atoms with Crippen molar-refractivity contribution < 1.29 is 32.6 Å². The van der Waals surface area contributed by atoms with Crippen molar-refractivity contribution >= 4 is 27.6 Å². The predicted molar refractivity (Wildman–Crippen MR) is 187 cm³/mol. The summed E-state index contributed by atoms with van der Waals surface area (Å²) >= 11 is 0. The van der Waals surface area contributed by atoms with Crippen molar-refractivity contribution in [2.45, 2.75) is 108 Å². The van der Waals surface area contributed by atoms with Gasteiger partial charge in [0.1, 0.15) is 5.75 Å². The van der Waals surface area contributed by atoms with Crippen molar-refractivity contribution in [3.8, 4) is 5.75 Å². The number of aliphatic hydroxyl groups is 1. The summed E-state index contributed by atoms with van der Waals surface area (Å²) in [6, 6.07) is 10.7. The van der Waals surface area contributed by atoms with Crippen molar-refractivity contribution in [3.63, 3.8) is 0 Å². The summed E-state index contributed by atoms with van der Waals surface area (Å²) in [4.78, 5) is 30.9. The van der Waals surface area contributed by atoms with Gasteiger partial charge in [0.15, 0.2) is 0 Å². The van der Waals surface area contributed by atoms with Crippen LogP contribution in [0.3, 0.4) is 0 Å². The molecule has 0 spiro atoms. The number of urea groups is 1. The van der Waals surface area contributed by atoms with Crippen molar-refractivity contribution in [1.29, 1.82) is 0 Å². The Bertz CT molecular complexity index is 1460. The Kier molecular flexibility index (Phi) is 13.5. The minimum atomic E-state index is -3.92. The van der Waals surface area contributed by atoms with Gasteiger partial charge < -0.3 is 29.7 Å². The third-order valence-corrected chi connectivity index (χ3v) is 10.8. The number of fused-ring (bicyclic) bond motifs is 1. The summed E-state index contributed by atoms with van der Waals surface area (Å²) in [6.07, 6.45) is 7.21. The molecule has 0 aromatic heterocycles. The second-order valence-corrected chi connectivity index (χ2v) is 15.3. The lowest BCUT2D eigenvalue weighted by Crippen LogP contribution is -2.50. The molecule has 0 unspecified atom stereocenters. The molecule has 1 aliphatic heterocycles. The molecule has 1 aliphatic carbocycles. The summed E-state index contributed by atoms with van der Waals surface area (Å²) in [5.74, 6) is -0.263. The first kappa shape index (κ1) is 37.5. The maximum Gasteiger partial charge on any atom is 0.317 e. The molecule has 1 heterocycles. The number of hydrogen-bond donors (Lipinski definition) is 3. The highest BCUT2D eigenvalue weighted by atomic mass is 32.2. The summed E-state index contributed by atoms with van der Waals surface area (Å²) in [6.45, 7) is 8.37. The van der Waals surface area contributed by atoms with Crippen LogP contribution in [0.15, 0.2) is 47.4 Å². The molecule has 1 fully saturated rings. The molecule has 0 bridgehead atoms. The maximum absolute atomic E-state index is 14.4. The molecule has 1 saturated carbocycles. The van der Waals surface area contributed by atoms with E-state index in [1.54, 1.807) is 48.0 Å². The molecule has 2 aromatic rings. The molecule has 266 valence electrons. The van der Waals surface area contributed by atoms with Gasteiger partial charge in [-0.3, -0.25) is 9.52 Å². The molecule has 12 heteroatoms. The summed E-state index contributed by atoms with van der Waals surface area (Å²) < 4.78 is 41.7. The summed E-state index contributed by atoms with van der Waals surface area (Å²) in [5.41, 5.74) is 1.35. The van der Waals surface area contributed by atoms with E-state index in [1.807, 2.05) is 20.8 Å². The number of nitrogens with zero attached hydrogens (tertiary/aromatic N) is 2. The highest BCUT2D eigenvalue weighted by molar-refractivity contribution is 7.92. The smallest absolute Gasteiger partial charge is 0.317 e. The quantitative estimate of drug-likeness (QED) is 0.331. The van der Waals surface area contributed by atoms with Crippen molar-refractivity contribution in [3.05, 3.63) is 53.6 Å². The molecule has 2 aromatic carbocycles. The van der Waals surface area contributed by atoms with Gasteiger partial charge in [0.05, 0.1) is 35.3 Å². The minimum absolute atomic E-state index is 0.108. The number of sulfonamides is 1. The van der Waals surface area contributed by atoms with Gasteiger partial charge in [0, 0.05) is 44.4 Å². The Balaban J connectivity index is 1.61. The number of rotatable bonds is 8. The number of anilines is 1. The van der Waals surface area contributed by atoms with E-state index in [4.69, 9.17) is 9.47 Å². The van der Waals surface area contributed by atoms with E-state index < -0.39 is 22.0 Å². The van der Waals surface area contributed by atoms with Crippen LogP contribution in [-0.2, 0) is 14.8 Å². The van der Waals surface area contributed by atoms with E-state index in [2.05, 4.69) is 10.0 Å². The molecule has 48 heavy (non-hydrogen) atoms. The Hall–Kier alpha value is -3.35. The van der Waals surface area contributed by atoms with E-state index in [0.717, 1.165) is 50.5 Å². The highest BCUT2D eigenvalue weighted by Gasteiger charge is 2.31. The maximum atomic E-state index is 14.4. The number of ether oxygens (including phenoxy) is 2. The fourth-order valence-electron chi connectivity index (χ4n) is 6.26. The van der Waals surface area contributed by atoms with Gasteiger partial charge in [0.25, 0.3) is 15.9 Å². The molecule has 4 atom stereocenters. The molecular formula is C36H54N4O7S. The second-order valence-electron chi connectivity index (χ2n) is 13.6. The number of hydrogen-bond acceptors (Lipinski definition) is 7. The van der Waals surface area contributed by atoms with Gasteiger partial charge in [-0.2, -0.15) is 0 Å². The van der Waals surface area contributed by atoms with Crippen LogP contribution in [0.5, 0.6) is 5.75 Å².